The summed E-state index contributed by atoms with van der Waals surface area (Å²) in [5.74, 6) is 1.09. The molecule has 0 unspecified atom stereocenters. The molecule has 0 bridgehead atoms. The lowest BCUT2D eigenvalue weighted by Crippen LogP contribution is -2.28. The zero-order valence-electron chi connectivity index (χ0n) is 11.4. The molecule has 1 N–H and O–H groups in total. The Kier molecular flexibility index (Phi) is 5.49. The fourth-order valence-corrected chi connectivity index (χ4v) is 2.21. The number of fused-ring (bicyclic) bond motifs is 1. The van der Waals surface area contributed by atoms with Crippen molar-refractivity contribution in [2.75, 3.05) is 33.5 Å². The van der Waals surface area contributed by atoms with Crippen LogP contribution >= 0.6 is 11.6 Å². The summed E-state index contributed by atoms with van der Waals surface area (Å²) in [5, 5.41) is 3.24. The van der Waals surface area contributed by atoms with E-state index in [1.807, 2.05) is 6.07 Å². The van der Waals surface area contributed by atoms with Crippen molar-refractivity contribution in [1.82, 2.24) is 5.32 Å². The molecule has 0 aromatic heterocycles. The number of halogens is 1. The first-order valence-electron chi connectivity index (χ1n) is 6.54. The van der Waals surface area contributed by atoms with Crippen molar-refractivity contribution in [2.45, 2.75) is 12.8 Å². The molecule has 0 saturated heterocycles. The van der Waals surface area contributed by atoms with E-state index in [1.54, 1.807) is 13.2 Å². The van der Waals surface area contributed by atoms with Gasteiger partial charge in [-0.1, -0.05) is 11.6 Å². The van der Waals surface area contributed by atoms with Gasteiger partial charge in [0.25, 0.3) is 0 Å². The Labute approximate surface area is 123 Å². The van der Waals surface area contributed by atoms with Crippen molar-refractivity contribution < 1.29 is 19.0 Å². The van der Waals surface area contributed by atoms with E-state index in [-0.39, 0.29) is 12.3 Å². The molecule has 1 aromatic carbocycles. The smallest absolute Gasteiger partial charge is 0.224 e. The largest absolute Gasteiger partial charge is 0.489 e. The van der Waals surface area contributed by atoms with Gasteiger partial charge in [0.1, 0.15) is 0 Å². The summed E-state index contributed by atoms with van der Waals surface area (Å²) in [6, 6.07) is 3.55. The molecule has 1 amide bonds. The third-order valence-corrected chi connectivity index (χ3v) is 3.14. The van der Waals surface area contributed by atoms with Crippen LogP contribution in [0, 0.1) is 0 Å². The zero-order chi connectivity index (χ0) is 14.4. The van der Waals surface area contributed by atoms with E-state index in [0.717, 1.165) is 12.0 Å². The molecule has 0 spiro atoms. The summed E-state index contributed by atoms with van der Waals surface area (Å²) in [7, 11) is 1.59. The van der Waals surface area contributed by atoms with E-state index in [0.29, 0.717) is 42.9 Å². The van der Waals surface area contributed by atoms with Crippen LogP contribution in [0.1, 0.15) is 12.0 Å². The molecule has 0 aliphatic carbocycles. The number of hydrogen-bond acceptors (Lipinski definition) is 4. The van der Waals surface area contributed by atoms with Gasteiger partial charge in [0.2, 0.25) is 5.91 Å². The average molecular weight is 300 g/mol. The average Bonchev–Trinajstić information content (AvgIpc) is 2.64. The van der Waals surface area contributed by atoms with E-state index in [9.17, 15) is 4.79 Å². The second-order valence-corrected chi connectivity index (χ2v) is 4.88. The molecule has 0 radical (unpaired) electrons. The third-order valence-electron chi connectivity index (χ3n) is 2.85. The minimum Gasteiger partial charge on any atom is -0.489 e. The SMILES string of the molecule is COCCNC(=O)Cc1cc(Cl)c2c(c1)OCCCO2. The molecule has 0 fully saturated rings. The van der Waals surface area contributed by atoms with Crippen molar-refractivity contribution in [3.63, 3.8) is 0 Å². The van der Waals surface area contributed by atoms with Crippen molar-refractivity contribution in [3.05, 3.63) is 22.7 Å². The lowest BCUT2D eigenvalue weighted by molar-refractivity contribution is -0.120. The maximum absolute atomic E-state index is 11.8. The number of benzene rings is 1. The van der Waals surface area contributed by atoms with Gasteiger partial charge in [-0.3, -0.25) is 4.79 Å². The molecule has 1 aliphatic heterocycles. The van der Waals surface area contributed by atoms with Gasteiger partial charge >= 0.3 is 0 Å². The van der Waals surface area contributed by atoms with Gasteiger partial charge in [-0.25, -0.2) is 0 Å². The van der Waals surface area contributed by atoms with Crippen molar-refractivity contribution in [2.24, 2.45) is 0 Å². The second-order valence-electron chi connectivity index (χ2n) is 4.47. The Morgan fingerprint density at radius 2 is 2.20 bits per heavy atom. The predicted octanol–water partition coefficient (Wildman–Crippen LogP) is 1.81. The molecule has 6 heteroatoms. The molecule has 1 aliphatic rings. The van der Waals surface area contributed by atoms with Crippen LogP contribution in [0.4, 0.5) is 0 Å². The Balaban J connectivity index is 2.04. The Bertz CT molecular complexity index is 478. The monoisotopic (exact) mass is 299 g/mol. The summed E-state index contributed by atoms with van der Waals surface area (Å²) >= 11 is 6.17. The summed E-state index contributed by atoms with van der Waals surface area (Å²) in [6.45, 7) is 2.16. The van der Waals surface area contributed by atoms with Gasteiger partial charge in [0, 0.05) is 20.1 Å². The third kappa shape index (κ3) is 4.02. The molecule has 20 heavy (non-hydrogen) atoms. The first-order valence-corrected chi connectivity index (χ1v) is 6.92. The number of ether oxygens (including phenoxy) is 3. The Morgan fingerprint density at radius 1 is 1.40 bits per heavy atom. The van der Waals surface area contributed by atoms with Crippen LogP contribution in [-0.2, 0) is 16.0 Å². The van der Waals surface area contributed by atoms with E-state index < -0.39 is 0 Å². The minimum atomic E-state index is -0.0763. The molecular weight excluding hydrogens is 282 g/mol. The molecular formula is C14H18ClNO4. The predicted molar refractivity (Wildman–Crippen MR) is 75.6 cm³/mol. The van der Waals surface area contributed by atoms with Gasteiger partial charge in [-0.15, -0.1) is 0 Å². The molecule has 2 rings (SSSR count). The van der Waals surface area contributed by atoms with Crippen molar-refractivity contribution in [3.8, 4) is 11.5 Å². The minimum absolute atomic E-state index is 0.0763. The standard InChI is InChI=1S/C14H18ClNO4/c1-18-6-3-16-13(17)9-10-7-11(15)14-12(8-10)19-4-2-5-20-14/h7-8H,2-6,9H2,1H3,(H,16,17). The van der Waals surface area contributed by atoms with Crippen LogP contribution in [0.15, 0.2) is 12.1 Å². The lowest BCUT2D eigenvalue weighted by atomic mass is 10.1. The fourth-order valence-electron chi connectivity index (χ4n) is 1.93. The first kappa shape index (κ1) is 14.9. The van der Waals surface area contributed by atoms with Crippen molar-refractivity contribution in [1.29, 1.82) is 0 Å². The highest BCUT2D eigenvalue weighted by Gasteiger charge is 2.16. The molecule has 0 atom stereocenters. The van der Waals surface area contributed by atoms with Crippen LogP contribution < -0.4 is 14.8 Å². The quantitative estimate of drug-likeness (QED) is 0.843. The van der Waals surface area contributed by atoms with Crippen LogP contribution in [0.25, 0.3) is 0 Å². The number of carbonyl (C=O) groups is 1. The van der Waals surface area contributed by atoms with E-state index in [4.69, 9.17) is 25.8 Å². The zero-order valence-corrected chi connectivity index (χ0v) is 12.2. The number of carbonyl (C=O) groups excluding carboxylic acids is 1. The van der Waals surface area contributed by atoms with Crippen LogP contribution in [0.2, 0.25) is 5.02 Å². The normalized spacial score (nSPS) is 13.7. The fraction of sp³-hybridized carbons (Fsp3) is 0.500. The molecule has 1 heterocycles. The number of amides is 1. The lowest BCUT2D eigenvalue weighted by Gasteiger charge is -2.11. The molecule has 5 nitrogen and oxygen atoms in total. The topological polar surface area (TPSA) is 56.8 Å². The Morgan fingerprint density at radius 3 is 3.00 bits per heavy atom. The molecule has 0 saturated carbocycles. The molecule has 110 valence electrons. The summed E-state index contributed by atoms with van der Waals surface area (Å²) in [5.41, 5.74) is 0.800. The second kappa shape index (κ2) is 7.36. The number of methoxy groups -OCH3 is 1. The van der Waals surface area contributed by atoms with Crippen LogP contribution in [0.3, 0.4) is 0 Å². The summed E-state index contributed by atoms with van der Waals surface area (Å²) in [6.07, 6.45) is 1.07. The first-order chi connectivity index (χ1) is 9.70. The number of rotatable bonds is 5. The number of hydrogen-bond donors (Lipinski definition) is 1. The van der Waals surface area contributed by atoms with Gasteiger partial charge in [-0.2, -0.15) is 0 Å². The van der Waals surface area contributed by atoms with Gasteiger partial charge < -0.3 is 19.5 Å². The highest BCUT2D eigenvalue weighted by molar-refractivity contribution is 6.32. The van der Waals surface area contributed by atoms with Gasteiger partial charge in [0.15, 0.2) is 11.5 Å². The molecule has 1 aromatic rings. The van der Waals surface area contributed by atoms with Crippen molar-refractivity contribution >= 4 is 17.5 Å². The van der Waals surface area contributed by atoms with E-state index in [1.165, 1.54) is 0 Å². The summed E-state index contributed by atoms with van der Waals surface area (Å²) in [4.78, 5) is 11.8. The Hall–Kier alpha value is -1.46. The van der Waals surface area contributed by atoms with Crippen LogP contribution in [0.5, 0.6) is 11.5 Å². The summed E-state index contributed by atoms with van der Waals surface area (Å²) < 4.78 is 16.0. The number of nitrogens with one attached hydrogen (secondary N) is 1. The highest BCUT2D eigenvalue weighted by Crippen LogP contribution is 2.38. The van der Waals surface area contributed by atoms with Gasteiger partial charge in [-0.05, 0) is 17.7 Å². The van der Waals surface area contributed by atoms with Crippen LogP contribution in [-0.4, -0.2) is 39.4 Å². The maximum Gasteiger partial charge on any atom is 0.224 e. The van der Waals surface area contributed by atoms with E-state index >= 15 is 0 Å². The maximum atomic E-state index is 11.8. The van der Waals surface area contributed by atoms with Gasteiger partial charge in [0.05, 0.1) is 31.3 Å². The van der Waals surface area contributed by atoms with E-state index in [2.05, 4.69) is 5.32 Å². The highest BCUT2D eigenvalue weighted by atomic mass is 35.5.